The van der Waals surface area contributed by atoms with Crippen LogP contribution >= 0.6 is 0 Å². The number of allylic oxidation sites excluding steroid dienone is 1. The van der Waals surface area contributed by atoms with E-state index >= 15 is 0 Å². The number of methoxy groups -OCH3 is 1. The first-order valence-electron chi connectivity index (χ1n) is 7.06. The Morgan fingerprint density at radius 3 is 3.11 bits per heavy atom. The SMILES string of the molecule is CC[C@]1(/C=C/[C@@H](C)C(=O)OC)CCCn2cccc21. The molecular formula is C16H23NO2. The van der Waals surface area contributed by atoms with Gasteiger partial charge in [-0.3, -0.25) is 4.79 Å². The van der Waals surface area contributed by atoms with Gasteiger partial charge in [-0.15, -0.1) is 0 Å². The van der Waals surface area contributed by atoms with E-state index in [4.69, 9.17) is 4.74 Å². The molecule has 1 aliphatic rings. The van der Waals surface area contributed by atoms with E-state index in [2.05, 4.69) is 35.9 Å². The standard InChI is InChI=1S/C16H23NO2/c1-4-16(10-8-13(2)15(18)19-3)9-6-12-17-11-5-7-14(16)17/h5,7-8,10-11,13H,4,6,9,12H2,1-3H3/b10-8+/t13-,16-/m1/s1. The number of carbonyl (C=O) groups excluding carboxylic acids is 1. The van der Waals surface area contributed by atoms with E-state index in [0.717, 1.165) is 19.4 Å². The van der Waals surface area contributed by atoms with Gasteiger partial charge in [-0.2, -0.15) is 0 Å². The second-order valence-electron chi connectivity index (χ2n) is 5.37. The largest absolute Gasteiger partial charge is 0.469 e. The second-order valence-corrected chi connectivity index (χ2v) is 5.37. The van der Waals surface area contributed by atoms with Crippen molar-refractivity contribution in [3.05, 3.63) is 36.2 Å². The minimum absolute atomic E-state index is 0.0734. The molecule has 0 bridgehead atoms. The highest BCUT2D eigenvalue weighted by Gasteiger charge is 2.33. The summed E-state index contributed by atoms with van der Waals surface area (Å²) in [5.74, 6) is -0.354. The Balaban J connectivity index is 2.26. The van der Waals surface area contributed by atoms with Crippen LogP contribution in [0.4, 0.5) is 0 Å². The highest BCUT2D eigenvalue weighted by Crippen LogP contribution is 2.38. The topological polar surface area (TPSA) is 31.2 Å². The number of fused-ring (bicyclic) bond motifs is 1. The average molecular weight is 261 g/mol. The maximum absolute atomic E-state index is 11.5. The normalized spacial score (nSPS) is 24.2. The minimum atomic E-state index is -0.182. The predicted octanol–water partition coefficient (Wildman–Crippen LogP) is 3.30. The highest BCUT2D eigenvalue weighted by molar-refractivity contribution is 5.73. The third-order valence-corrected chi connectivity index (χ3v) is 4.27. The maximum Gasteiger partial charge on any atom is 0.312 e. The van der Waals surface area contributed by atoms with E-state index in [1.807, 2.05) is 13.0 Å². The van der Waals surface area contributed by atoms with Gasteiger partial charge in [-0.25, -0.2) is 0 Å². The zero-order valence-electron chi connectivity index (χ0n) is 12.1. The molecule has 1 aliphatic heterocycles. The first-order chi connectivity index (χ1) is 9.13. The third-order valence-electron chi connectivity index (χ3n) is 4.27. The van der Waals surface area contributed by atoms with Crippen LogP contribution in [-0.2, 0) is 21.5 Å². The van der Waals surface area contributed by atoms with Gasteiger partial charge >= 0.3 is 5.97 Å². The molecular weight excluding hydrogens is 238 g/mol. The van der Waals surface area contributed by atoms with Crippen LogP contribution in [0.25, 0.3) is 0 Å². The van der Waals surface area contributed by atoms with Crippen molar-refractivity contribution in [2.75, 3.05) is 7.11 Å². The lowest BCUT2D eigenvalue weighted by atomic mass is 9.75. The fourth-order valence-electron chi connectivity index (χ4n) is 2.99. The summed E-state index contributed by atoms with van der Waals surface area (Å²) in [4.78, 5) is 11.5. The summed E-state index contributed by atoms with van der Waals surface area (Å²) in [5.41, 5.74) is 1.44. The fourth-order valence-corrected chi connectivity index (χ4v) is 2.99. The number of hydrogen-bond donors (Lipinski definition) is 0. The average Bonchev–Trinajstić information content (AvgIpc) is 2.93. The summed E-state index contributed by atoms with van der Waals surface area (Å²) in [5, 5.41) is 0. The Hall–Kier alpha value is -1.51. The van der Waals surface area contributed by atoms with Crippen LogP contribution in [0.5, 0.6) is 0 Å². The molecule has 0 aromatic carbocycles. The van der Waals surface area contributed by atoms with Crippen LogP contribution in [-0.4, -0.2) is 17.6 Å². The minimum Gasteiger partial charge on any atom is -0.469 e. The molecule has 0 amide bonds. The van der Waals surface area contributed by atoms with Gasteiger partial charge in [-0.1, -0.05) is 19.1 Å². The van der Waals surface area contributed by atoms with E-state index in [1.165, 1.54) is 19.2 Å². The number of esters is 1. The quantitative estimate of drug-likeness (QED) is 0.615. The van der Waals surface area contributed by atoms with Crippen LogP contribution in [0.3, 0.4) is 0 Å². The van der Waals surface area contributed by atoms with Gasteiger partial charge in [0.05, 0.1) is 13.0 Å². The number of aryl methyl sites for hydroxylation is 1. The molecule has 104 valence electrons. The zero-order valence-corrected chi connectivity index (χ0v) is 12.1. The molecule has 2 atom stereocenters. The lowest BCUT2D eigenvalue weighted by molar-refractivity contribution is -0.143. The Kier molecular flexibility index (Phi) is 4.13. The lowest BCUT2D eigenvalue weighted by Gasteiger charge is -2.35. The molecule has 0 spiro atoms. The molecule has 1 aromatic heterocycles. The van der Waals surface area contributed by atoms with E-state index in [9.17, 15) is 4.79 Å². The van der Waals surface area contributed by atoms with Crippen LogP contribution < -0.4 is 0 Å². The summed E-state index contributed by atoms with van der Waals surface area (Å²) < 4.78 is 7.11. The van der Waals surface area contributed by atoms with Crippen molar-refractivity contribution in [2.45, 2.75) is 45.1 Å². The fraction of sp³-hybridized carbons (Fsp3) is 0.562. The molecule has 0 saturated heterocycles. The molecule has 2 rings (SSSR count). The number of nitrogens with zero attached hydrogens (tertiary/aromatic N) is 1. The Labute approximate surface area is 115 Å². The number of aromatic nitrogens is 1. The molecule has 0 fully saturated rings. The molecule has 1 aromatic rings. The molecule has 19 heavy (non-hydrogen) atoms. The third kappa shape index (κ3) is 2.60. The highest BCUT2D eigenvalue weighted by atomic mass is 16.5. The lowest BCUT2D eigenvalue weighted by Crippen LogP contribution is -2.31. The van der Waals surface area contributed by atoms with Crippen LogP contribution in [0.15, 0.2) is 30.5 Å². The van der Waals surface area contributed by atoms with Gasteiger partial charge < -0.3 is 9.30 Å². The number of rotatable bonds is 4. The van der Waals surface area contributed by atoms with Gasteiger partial charge in [0.25, 0.3) is 0 Å². The van der Waals surface area contributed by atoms with Crippen molar-refractivity contribution in [3.8, 4) is 0 Å². The Bertz CT molecular complexity index is 475. The van der Waals surface area contributed by atoms with Crippen molar-refractivity contribution < 1.29 is 9.53 Å². The van der Waals surface area contributed by atoms with E-state index in [0.29, 0.717) is 0 Å². The predicted molar refractivity (Wildman–Crippen MR) is 76.0 cm³/mol. The second kappa shape index (κ2) is 5.64. The molecule has 0 saturated carbocycles. The first-order valence-corrected chi connectivity index (χ1v) is 7.06. The van der Waals surface area contributed by atoms with Gasteiger partial charge in [-0.05, 0) is 38.3 Å². The molecule has 0 unspecified atom stereocenters. The molecule has 0 N–H and O–H groups in total. The van der Waals surface area contributed by atoms with Crippen LogP contribution in [0, 0.1) is 5.92 Å². The van der Waals surface area contributed by atoms with Gasteiger partial charge in [0.15, 0.2) is 0 Å². The van der Waals surface area contributed by atoms with Crippen molar-refractivity contribution in [1.29, 1.82) is 0 Å². The molecule has 0 aliphatic carbocycles. The Morgan fingerprint density at radius 1 is 1.63 bits per heavy atom. The smallest absolute Gasteiger partial charge is 0.312 e. The van der Waals surface area contributed by atoms with Crippen molar-refractivity contribution in [1.82, 2.24) is 4.57 Å². The monoisotopic (exact) mass is 261 g/mol. The Morgan fingerprint density at radius 2 is 2.42 bits per heavy atom. The molecule has 3 heteroatoms. The van der Waals surface area contributed by atoms with E-state index < -0.39 is 0 Å². The zero-order chi connectivity index (χ0) is 13.9. The molecule has 2 heterocycles. The number of ether oxygens (including phenoxy) is 1. The maximum atomic E-state index is 11.5. The van der Waals surface area contributed by atoms with Crippen LogP contribution in [0.1, 0.15) is 38.8 Å². The van der Waals surface area contributed by atoms with Gasteiger partial charge in [0.1, 0.15) is 0 Å². The van der Waals surface area contributed by atoms with Crippen LogP contribution in [0.2, 0.25) is 0 Å². The van der Waals surface area contributed by atoms with Crippen molar-refractivity contribution >= 4 is 5.97 Å². The molecule has 3 nitrogen and oxygen atoms in total. The summed E-state index contributed by atoms with van der Waals surface area (Å²) in [6.07, 6.45) is 9.76. The number of hydrogen-bond acceptors (Lipinski definition) is 2. The van der Waals surface area contributed by atoms with E-state index in [-0.39, 0.29) is 17.3 Å². The first kappa shape index (κ1) is 13.9. The summed E-state index contributed by atoms with van der Waals surface area (Å²) >= 11 is 0. The molecule has 0 radical (unpaired) electrons. The van der Waals surface area contributed by atoms with Crippen molar-refractivity contribution in [3.63, 3.8) is 0 Å². The van der Waals surface area contributed by atoms with Crippen molar-refractivity contribution in [2.24, 2.45) is 5.92 Å². The van der Waals surface area contributed by atoms with Gasteiger partial charge in [0.2, 0.25) is 0 Å². The summed E-state index contributed by atoms with van der Waals surface area (Å²) in [7, 11) is 1.44. The number of carbonyl (C=O) groups is 1. The summed E-state index contributed by atoms with van der Waals surface area (Å²) in [6.45, 7) is 5.20. The van der Waals surface area contributed by atoms with E-state index in [1.54, 1.807) is 0 Å². The van der Waals surface area contributed by atoms with Gasteiger partial charge in [0, 0.05) is 23.9 Å². The summed E-state index contributed by atoms with van der Waals surface area (Å²) in [6, 6.07) is 4.32.